The Balaban J connectivity index is 1.74. The second-order valence-electron chi connectivity index (χ2n) is 8.39. The fourth-order valence-corrected chi connectivity index (χ4v) is 4.45. The lowest BCUT2D eigenvalue weighted by Crippen LogP contribution is -2.04. The van der Waals surface area contributed by atoms with Crippen LogP contribution < -0.4 is 0 Å². The van der Waals surface area contributed by atoms with E-state index in [2.05, 4.69) is 9.97 Å². The average Bonchev–Trinajstić information content (AvgIpc) is 3.65. The molecular weight excluding hydrogens is 457 g/mol. The van der Waals surface area contributed by atoms with Gasteiger partial charge in [-0.2, -0.15) is 4.39 Å². The molecule has 0 radical (unpaired) electrons. The zero-order valence-electron chi connectivity index (χ0n) is 18.4. The van der Waals surface area contributed by atoms with Gasteiger partial charge in [0.05, 0.1) is 23.9 Å². The summed E-state index contributed by atoms with van der Waals surface area (Å²) in [5, 5.41) is 0.555. The third-order valence-corrected chi connectivity index (χ3v) is 6.23. The summed E-state index contributed by atoms with van der Waals surface area (Å²) in [6.45, 7) is 0. The number of methoxy groups -OCH3 is 1. The summed E-state index contributed by atoms with van der Waals surface area (Å²) in [4.78, 5) is 25.1. The minimum Gasteiger partial charge on any atom is -0.465 e. The third-order valence-electron chi connectivity index (χ3n) is 6.23. The molecule has 1 aliphatic rings. The maximum atomic E-state index is 14.7. The first-order chi connectivity index (χ1) is 17.0. The Hall–Kier alpha value is -4.27. The van der Waals surface area contributed by atoms with Crippen molar-refractivity contribution in [1.29, 1.82) is 0 Å². The number of hydrogen-bond acceptors (Lipinski definition) is 5. The maximum absolute atomic E-state index is 14.7. The molecule has 3 aromatic heterocycles. The molecule has 0 unspecified atom stereocenters. The van der Waals surface area contributed by atoms with Crippen molar-refractivity contribution in [2.24, 2.45) is 0 Å². The molecule has 1 fully saturated rings. The number of carbonyl (C=O) groups is 1. The Labute approximate surface area is 197 Å². The van der Waals surface area contributed by atoms with Gasteiger partial charge in [-0.3, -0.25) is 9.55 Å². The Morgan fingerprint density at radius 3 is 2.60 bits per heavy atom. The van der Waals surface area contributed by atoms with E-state index in [1.807, 2.05) is 4.57 Å². The predicted molar refractivity (Wildman–Crippen MR) is 123 cm³/mol. The molecule has 0 bridgehead atoms. The number of carbonyl (C=O) groups excluding carboxylic acids is 1. The van der Waals surface area contributed by atoms with Crippen LogP contribution in [0.3, 0.4) is 0 Å². The molecule has 174 valence electrons. The van der Waals surface area contributed by atoms with Gasteiger partial charge in [-0.05, 0) is 48.7 Å². The second kappa shape index (κ2) is 7.90. The zero-order valence-corrected chi connectivity index (χ0v) is 18.4. The SMILES string of the molecule is COC(=O)c1cc(-c2ccnc(F)c2F)cc2c1nc(C1CC1)n2-c1ccnc2c(F)cccc12. The van der Waals surface area contributed by atoms with E-state index in [9.17, 15) is 18.0 Å². The third kappa shape index (κ3) is 3.34. The smallest absolute Gasteiger partial charge is 0.340 e. The fourth-order valence-electron chi connectivity index (χ4n) is 4.45. The normalized spacial score (nSPS) is 13.5. The van der Waals surface area contributed by atoms with Crippen molar-refractivity contribution >= 4 is 27.9 Å². The number of esters is 1. The average molecular weight is 474 g/mol. The van der Waals surface area contributed by atoms with Gasteiger partial charge in [-0.25, -0.2) is 23.5 Å². The van der Waals surface area contributed by atoms with E-state index in [0.717, 1.165) is 19.0 Å². The topological polar surface area (TPSA) is 69.9 Å². The van der Waals surface area contributed by atoms with Gasteiger partial charge in [-0.1, -0.05) is 12.1 Å². The Morgan fingerprint density at radius 1 is 1.03 bits per heavy atom. The first-order valence-electron chi connectivity index (χ1n) is 11.0. The van der Waals surface area contributed by atoms with Crippen LogP contribution in [0.1, 0.15) is 34.9 Å². The summed E-state index contributed by atoms with van der Waals surface area (Å²) < 4.78 is 50.0. The van der Waals surface area contributed by atoms with E-state index in [1.165, 1.54) is 31.5 Å². The van der Waals surface area contributed by atoms with Crippen LogP contribution in [-0.4, -0.2) is 32.6 Å². The molecule has 1 aliphatic carbocycles. The number of pyridine rings is 2. The van der Waals surface area contributed by atoms with Crippen molar-refractivity contribution in [2.75, 3.05) is 7.11 Å². The number of fused-ring (bicyclic) bond motifs is 2. The molecular formula is C26H17F3N4O2. The summed E-state index contributed by atoms with van der Waals surface area (Å²) in [7, 11) is 1.24. The number of halogens is 3. The monoisotopic (exact) mass is 474 g/mol. The van der Waals surface area contributed by atoms with Gasteiger partial charge in [0, 0.05) is 29.3 Å². The highest BCUT2D eigenvalue weighted by Crippen LogP contribution is 2.44. The summed E-state index contributed by atoms with van der Waals surface area (Å²) in [5.41, 5.74) is 1.97. The van der Waals surface area contributed by atoms with E-state index in [0.29, 0.717) is 27.9 Å². The standard InChI is InChI=1S/C26H17F3N4O2/c1-35-26(34)17-11-14(15-7-9-31-24(29)21(15)28)12-20-23(17)32-25(13-5-6-13)33(20)19-8-10-30-22-16(19)3-2-4-18(22)27/h2-4,7-13H,5-6H2,1H3. The van der Waals surface area contributed by atoms with Gasteiger partial charge < -0.3 is 4.74 Å². The first-order valence-corrected chi connectivity index (χ1v) is 11.0. The number of nitrogens with zero attached hydrogens (tertiary/aromatic N) is 4. The minimum atomic E-state index is -1.25. The van der Waals surface area contributed by atoms with E-state index in [1.54, 1.807) is 24.3 Å². The van der Waals surface area contributed by atoms with Crippen LogP contribution in [0.25, 0.3) is 38.8 Å². The first kappa shape index (κ1) is 21.3. The van der Waals surface area contributed by atoms with Crippen molar-refractivity contribution < 1.29 is 22.7 Å². The maximum Gasteiger partial charge on any atom is 0.340 e. The molecule has 0 amide bonds. The molecule has 0 aliphatic heterocycles. The number of benzene rings is 2. The molecule has 6 nitrogen and oxygen atoms in total. The largest absolute Gasteiger partial charge is 0.465 e. The molecule has 9 heteroatoms. The van der Waals surface area contributed by atoms with Crippen molar-refractivity contribution in [2.45, 2.75) is 18.8 Å². The van der Waals surface area contributed by atoms with Crippen molar-refractivity contribution in [3.8, 4) is 16.8 Å². The molecule has 0 N–H and O–H groups in total. The second-order valence-corrected chi connectivity index (χ2v) is 8.39. The Bertz CT molecular complexity index is 1660. The number of rotatable bonds is 4. The number of aromatic nitrogens is 4. The van der Waals surface area contributed by atoms with Crippen LogP contribution >= 0.6 is 0 Å². The number of para-hydroxylation sites is 1. The van der Waals surface area contributed by atoms with E-state index >= 15 is 0 Å². The lowest BCUT2D eigenvalue weighted by molar-refractivity contribution is 0.0603. The fraction of sp³-hybridized carbons (Fsp3) is 0.154. The van der Waals surface area contributed by atoms with Crippen LogP contribution in [0.5, 0.6) is 0 Å². The Morgan fingerprint density at radius 2 is 1.83 bits per heavy atom. The Kier molecular flexibility index (Phi) is 4.80. The lowest BCUT2D eigenvalue weighted by atomic mass is 10.0. The van der Waals surface area contributed by atoms with Gasteiger partial charge in [0.2, 0.25) is 5.95 Å². The molecule has 0 atom stereocenters. The number of hydrogen-bond donors (Lipinski definition) is 0. The van der Waals surface area contributed by atoms with Crippen molar-refractivity contribution in [3.05, 3.63) is 83.8 Å². The van der Waals surface area contributed by atoms with Gasteiger partial charge in [-0.15, -0.1) is 0 Å². The van der Waals surface area contributed by atoms with Crippen LogP contribution in [0.15, 0.2) is 54.9 Å². The van der Waals surface area contributed by atoms with Crippen LogP contribution in [0, 0.1) is 17.6 Å². The highest BCUT2D eigenvalue weighted by atomic mass is 19.2. The molecule has 2 aromatic carbocycles. The van der Waals surface area contributed by atoms with Gasteiger partial charge in [0.15, 0.2) is 5.82 Å². The molecule has 0 saturated heterocycles. The lowest BCUT2D eigenvalue weighted by Gasteiger charge is -2.13. The highest BCUT2D eigenvalue weighted by molar-refractivity contribution is 6.05. The summed E-state index contributed by atoms with van der Waals surface area (Å²) >= 11 is 0. The molecule has 3 heterocycles. The van der Waals surface area contributed by atoms with Crippen molar-refractivity contribution in [1.82, 2.24) is 19.5 Å². The van der Waals surface area contributed by atoms with Crippen LogP contribution in [0.4, 0.5) is 13.2 Å². The highest BCUT2D eigenvalue weighted by Gasteiger charge is 2.32. The summed E-state index contributed by atoms with van der Waals surface area (Å²) in [6, 6.07) is 10.8. The summed E-state index contributed by atoms with van der Waals surface area (Å²) in [5.74, 6) is -2.67. The van der Waals surface area contributed by atoms with E-state index < -0.39 is 23.6 Å². The van der Waals surface area contributed by atoms with Crippen molar-refractivity contribution in [3.63, 3.8) is 0 Å². The minimum absolute atomic E-state index is 0.0593. The van der Waals surface area contributed by atoms with Crippen LogP contribution in [0.2, 0.25) is 0 Å². The van der Waals surface area contributed by atoms with Crippen LogP contribution in [-0.2, 0) is 4.74 Å². The van der Waals surface area contributed by atoms with Gasteiger partial charge in [0.25, 0.3) is 0 Å². The molecule has 6 rings (SSSR count). The molecule has 1 saturated carbocycles. The van der Waals surface area contributed by atoms with E-state index in [-0.39, 0.29) is 28.1 Å². The zero-order chi connectivity index (χ0) is 24.3. The van der Waals surface area contributed by atoms with Gasteiger partial charge in [0.1, 0.15) is 22.7 Å². The predicted octanol–water partition coefficient (Wildman–Crippen LogP) is 5.72. The summed E-state index contributed by atoms with van der Waals surface area (Å²) in [6.07, 6.45) is 4.48. The number of imidazole rings is 1. The number of ether oxygens (including phenoxy) is 1. The molecule has 0 spiro atoms. The molecule has 5 aromatic rings. The van der Waals surface area contributed by atoms with E-state index in [4.69, 9.17) is 9.72 Å². The molecule has 35 heavy (non-hydrogen) atoms. The van der Waals surface area contributed by atoms with Gasteiger partial charge >= 0.3 is 5.97 Å². The quantitative estimate of drug-likeness (QED) is 0.246.